The topological polar surface area (TPSA) is 71.7 Å². The van der Waals surface area contributed by atoms with Gasteiger partial charge in [0, 0.05) is 45.2 Å². The lowest BCUT2D eigenvalue weighted by atomic mass is 10.1. The molecule has 0 spiro atoms. The van der Waals surface area contributed by atoms with Crippen LogP contribution in [0, 0.1) is 6.92 Å². The summed E-state index contributed by atoms with van der Waals surface area (Å²) < 4.78 is 10.6. The Bertz CT molecular complexity index is 708. The van der Waals surface area contributed by atoms with E-state index in [0.29, 0.717) is 31.4 Å². The molecule has 7 heteroatoms. The Hall–Kier alpha value is -2.41. The van der Waals surface area contributed by atoms with Crippen molar-refractivity contribution < 1.29 is 14.1 Å². The number of piperazine rings is 1. The summed E-state index contributed by atoms with van der Waals surface area (Å²) in [6, 6.07) is 8.13. The molecular formula is C18H24N4O3. The third-order valence-corrected chi connectivity index (χ3v) is 4.27. The van der Waals surface area contributed by atoms with E-state index in [0.717, 1.165) is 25.4 Å². The van der Waals surface area contributed by atoms with Crippen LogP contribution in [0.2, 0.25) is 0 Å². The normalized spacial score (nSPS) is 15.4. The number of para-hydroxylation sites is 1. The van der Waals surface area contributed by atoms with Gasteiger partial charge in [-0.1, -0.05) is 23.4 Å². The minimum atomic E-state index is 0.0511. The molecule has 0 bridgehead atoms. The highest BCUT2D eigenvalue weighted by Gasteiger charge is 2.23. The molecule has 1 fully saturated rings. The van der Waals surface area contributed by atoms with Crippen LogP contribution in [0.25, 0.3) is 0 Å². The van der Waals surface area contributed by atoms with E-state index in [9.17, 15) is 4.79 Å². The highest BCUT2D eigenvalue weighted by molar-refractivity contribution is 5.78. The fourth-order valence-electron chi connectivity index (χ4n) is 2.99. The van der Waals surface area contributed by atoms with Crippen molar-refractivity contribution >= 4 is 5.91 Å². The van der Waals surface area contributed by atoms with Crippen LogP contribution in [0.5, 0.6) is 5.75 Å². The number of aryl methyl sites for hydroxylation is 1. The Labute approximate surface area is 147 Å². The van der Waals surface area contributed by atoms with E-state index < -0.39 is 0 Å². The van der Waals surface area contributed by atoms with Crippen molar-refractivity contribution in [1.29, 1.82) is 0 Å². The molecule has 0 atom stereocenters. The number of aromatic nitrogens is 2. The lowest BCUT2D eigenvalue weighted by molar-refractivity contribution is -0.132. The van der Waals surface area contributed by atoms with Crippen molar-refractivity contribution in [1.82, 2.24) is 19.9 Å². The molecule has 1 amide bonds. The molecular weight excluding hydrogens is 320 g/mol. The Morgan fingerprint density at radius 2 is 2.00 bits per heavy atom. The standard InChI is InChI=1S/C18H24N4O3/c1-3-24-16-7-5-4-6-15(16)13-21-8-10-22(11-9-21)18(23)12-17-19-14(2)25-20-17/h4-7H,3,8-13H2,1-2H3. The lowest BCUT2D eigenvalue weighted by Crippen LogP contribution is -2.48. The zero-order valence-corrected chi connectivity index (χ0v) is 14.8. The smallest absolute Gasteiger partial charge is 0.230 e. The van der Waals surface area contributed by atoms with Gasteiger partial charge in [0.25, 0.3) is 0 Å². The lowest BCUT2D eigenvalue weighted by Gasteiger charge is -2.34. The van der Waals surface area contributed by atoms with E-state index in [-0.39, 0.29) is 12.3 Å². The van der Waals surface area contributed by atoms with Crippen molar-refractivity contribution in [3.63, 3.8) is 0 Å². The fourth-order valence-corrected chi connectivity index (χ4v) is 2.99. The molecule has 1 aliphatic heterocycles. The van der Waals surface area contributed by atoms with Gasteiger partial charge in [-0.2, -0.15) is 4.98 Å². The molecule has 7 nitrogen and oxygen atoms in total. The first-order valence-corrected chi connectivity index (χ1v) is 8.65. The molecule has 2 aromatic rings. The average molecular weight is 344 g/mol. The number of hydrogen-bond acceptors (Lipinski definition) is 6. The Morgan fingerprint density at radius 1 is 1.24 bits per heavy atom. The second-order valence-electron chi connectivity index (χ2n) is 6.10. The van der Waals surface area contributed by atoms with Crippen LogP contribution in [0.4, 0.5) is 0 Å². The summed E-state index contributed by atoms with van der Waals surface area (Å²) in [5.41, 5.74) is 1.19. The molecule has 1 aliphatic rings. The van der Waals surface area contributed by atoms with Crippen molar-refractivity contribution in [3.05, 3.63) is 41.5 Å². The third-order valence-electron chi connectivity index (χ3n) is 4.27. The van der Waals surface area contributed by atoms with Gasteiger partial charge in [0.15, 0.2) is 5.82 Å². The van der Waals surface area contributed by atoms with Crippen LogP contribution in [-0.4, -0.2) is 58.6 Å². The van der Waals surface area contributed by atoms with Gasteiger partial charge in [-0.3, -0.25) is 9.69 Å². The minimum Gasteiger partial charge on any atom is -0.494 e. The predicted molar refractivity (Wildman–Crippen MR) is 92.2 cm³/mol. The van der Waals surface area contributed by atoms with Crippen molar-refractivity contribution in [2.24, 2.45) is 0 Å². The van der Waals surface area contributed by atoms with Gasteiger partial charge in [-0.25, -0.2) is 0 Å². The van der Waals surface area contributed by atoms with Gasteiger partial charge in [0.05, 0.1) is 13.0 Å². The summed E-state index contributed by atoms with van der Waals surface area (Å²) >= 11 is 0. The van der Waals surface area contributed by atoms with Crippen molar-refractivity contribution in [2.45, 2.75) is 26.8 Å². The number of hydrogen-bond donors (Lipinski definition) is 0. The quantitative estimate of drug-likeness (QED) is 0.794. The zero-order valence-electron chi connectivity index (χ0n) is 14.8. The number of carbonyl (C=O) groups is 1. The third kappa shape index (κ3) is 4.57. The molecule has 1 saturated heterocycles. The van der Waals surface area contributed by atoms with Crippen molar-refractivity contribution in [3.8, 4) is 5.75 Å². The van der Waals surface area contributed by atoms with Crippen LogP contribution in [-0.2, 0) is 17.8 Å². The van der Waals surface area contributed by atoms with Gasteiger partial charge >= 0.3 is 0 Å². The maximum absolute atomic E-state index is 12.3. The van der Waals surface area contributed by atoms with Crippen LogP contribution in [0.15, 0.2) is 28.8 Å². The number of nitrogens with zero attached hydrogens (tertiary/aromatic N) is 4. The molecule has 0 saturated carbocycles. The highest BCUT2D eigenvalue weighted by atomic mass is 16.5. The molecule has 0 unspecified atom stereocenters. The maximum Gasteiger partial charge on any atom is 0.230 e. The summed E-state index contributed by atoms with van der Waals surface area (Å²) in [5, 5.41) is 3.79. The largest absolute Gasteiger partial charge is 0.494 e. The Balaban J connectivity index is 1.51. The Morgan fingerprint density at radius 3 is 2.68 bits per heavy atom. The number of benzene rings is 1. The molecule has 134 valence electrons. The number of carbonyl (C=O) groups excluding carboxylic acids is 1. The molecule has 0 N–H and O–H groups in total. The van der Waals surface area contributed by atoms with E-state index in [1.54, 1.807) is 6.92 Å². The van der Waals surface area contributed by atoms with E-state index >= 15 is 0 Å². The molecule has 25 heavy (non-hydrogen) atoms. The first-order valence-electron chi connectivity index (χ1n) is 8.65. The first-order chi connectivity index (χ1) is 12.2. The van der Waals surface area contributed by atoms with E-state index in [1.165, 1.54) is 5.56 Å². The van der Waals surface area contributed by atoms with Crippen LogP contribution in [0.3, 0.4) is 0 Å². The van der Waals surface area contributed by atoms with Gasteiger partial charge < -0.3 is 14.2 Å². The number of amides is 1. The summed E-state index contributed by atoms with van der Waals surface area (Å²) in [6.45, 7) is 8.33. The predicted octanol–water partition coefficient (Wildman–Crippen LogP) is 1.66. The Kier molecular flexibility index (Phi) is 5.65. The molecule has 0 radical (unpaired) electrons. The highest BCUT2D eigenvalue weighted by Crippen LogP contribution is 2.20. The SMILES string of the molecule is CCOc1ccccc1CN1CCN(C(=O)Cc2noc(C)n2)CC1. The van der Waals surface area contributed by atoms with Gasteiger partial charge in [-0.05, 0) is 13.0 Å². The zero-order chi connectivity index (χ0) is 17.6. The summed E-state index contributed by atoms with van der Waals surface area (Å²) in [4.78, 5) is 20.7. The maximum atomic E-state index is 12.3. The van der Waals surface area contributed by atoms with Gasteiger partial charge in [-0.15, -0.1) is 0 Å². The van der Waals surface area contributed by atoms with Gasteiger partial charge in [0.2, 0.25) is 11.8 Å². The molecule has 2 heterocycles. The second-order valence-corrected chi connectivity index (χ2v) is 6.10. The second kappa shape index (κ2) is 8.11. The van der Waals surface area contributed by atoms with Crippen LogP contribution >= 0.6 is 0 Å². The van der Waals surface area contributed by atoms with E-state index in [2.05, 4.69) is 21.1 Å². The van der Waals surface area contributed by atoms with Gasteiger partial charge in [0.1, 0.15) is 5.75 Å². The first kappa shape index (κ1) is 17.4. The average Bonchev–Trinajstić information content (AvgIpc) is 3.02. The van der Waals surface area contributed by atoms with Crippen LogP contribution < -0.4 is 4.74 Å². The molecule has 1 aromatic heterocycles. The van der Waals surface area contributed by atoms with E-state index in [4.69, 9.17) is 9.26 Å². The monoisotopic (exact) mass is 344 g/mol. The summed E-state index contributed by atoms with van der Waals surface area (Å²) in [5.74, 6) is 1.93. The van der Waals surface area contributed by atoms with Crippen LogP contribution in [0.1, 0.15) is 24.2 Å². The number of rotatable bonds is 6. The molecule has 3 rings (SSSR count). The minimum absolute atomic E-state index is 0.0511. The molecule has 0 aliphatic carbocycles. The number of ether oxygens (including phenoxy) is 1. The molecule has 1 aromatic carbocycles. The van der Waals surface area contributed by atoms with E-state index in [1.807, 2.05) is 30.0 Å². The van der Waals surface area contributed by atoms with Crippen molar-refractivity contribution in [2.75, 3.05) is 32.8 Å². The summed E-state index contributed by atoms with van der Waals surface area (Å²) in [7, 11) is 0. The fraction of sp³-hybridized carbons (Fsp3) is 0.500. The summed E-state index contributed by atoms with van der Waals surface area (Å²) in [6.07, 6.45) is 0.199.